The second kappa shape index (κ2) is 9.37. The van der Waals surface area contributed by atoms with Crippen LogP contribution in [0.5, 0.6) is 0 Å². The van der Waals surface area contributed by atoms with Gasteiger partial charge in [0, 0.05) is 17.3 Å². The molecule has 1 atom stereocenters. The van der Waals surface area contributed by atoms with Crippen molar-refractivity contribution in [2.45, 2.75) is 45.2 Å². The number of anilines is 1. The largest absolute Gasteiger partial charge is 0.349 e. The maximum absolute atomic E-state index is 12.8. The fourth-order valence-corrected chi connectivity index (χ4v) is 3.00. The minimum absolute atomic E-state index is 0.0870. The van der Waals surface area contributed by atoms with Crippen molar-refractivity contribution >= 4 is 23.4 Å². The molecule has 29 heavy (non-hydrogen) atoms. The van der Waals surface area contributed by atoms with Gasteiger partial charge in [0.1, 0.15) is 6.04 Å². The maximum Gasteiger partial charge on any atom is 0.251 e. The molecule has 0 bridgehead atoms. The number of carbonyl (C=O) groups excluding carboxylic acids is 3. The fourth-order valence-electron chi connectivity index (χ4n) is 3.00. The van der Waals surface area contributed by atoms with Crippen molar-refractivity contribution < 1.29 is 14.4 Å². The molecule has 6 heteroatoms. The molecule has 152 valence electrons. The van der Waals surface area contributed by atoms with Crippen molar-refractivity contribution in [3.63, 3.8) is 0 Å². The highest BCUT2D eigenvalue weighted by Crippen LogP contribution is 2.20. The smallest absolute Gasteiger partial charge is 0.251 e. The molecule has 0 aliphatic heterocycles. The predicted octanol–water partition coefficient (Wildman–Crippen LogP) is 2.90. The molecule has 1 saturated carbocycles. The van der Waals surface area contributed by atoms with E-state index in [1.165, 1.54) is 0 Å². The lowest BCUT2D eigenvalue weighted by Crippen LogP contribution is -2.47. The first-order chi connectivity index (χ1) is 13.9. The van der Waals surface area contributed by atoms with Crippen molar-refractivity contribution in [2.75, 3.05) is 5.32 Å². The normalized spacial score (nSPS) is 14.2. The number of benzene rings is 2. The number of hydrogen-bond acceptors (Lipinski definition) is 3. The Morgan fingerprint density at radius 2 is 1.72 bits per heavy atom. The number of nitrogens with one attached hydrogen (secondary N) is 3. The third-order valence-corrected chi connectivity index (χ3v) is 4.78. The molecule has 1 aliphatic carbocycles. The summed E-state index contributed by atoms with van der Waals surface area (Å²) in [4.78, 5) is 37.4. The third-order valence-electron chi connectivity index (χ3n) is 4.78. The van der Waals surface area contributed by atoms with Crippen LogP contribution in [0.3, 0.4) is 0 Å². The van der Waals surface area contributed by atoms with E-state index >= 15 is 0 Å². The molecule has 0 radical (unpaired) electrons. The molecule has 0 aromatic heterocycles. The van der Waals surface area contributed by atoms with Crippen LogP contribution >= 0.6 is 0 Å². The monoisotopic (exact) mass is 393 g/mol. The van der Waals surface area contributed by atoms with Gasteiger partial charge in [0.25, 0.3) is 5.91 Å². The quantitative estimate of drug-likeness (QED) is 0.644. The van der Waals surface area contributed by atoms with Crippen molar-refractivity contribution in [2.24, 2.45) is 5.92 Å². The summed E-state index contributed by atoms with van der Waals surface area (Å²) in [7, 11) is 0. The molecular formula is C23H27N3O3. The molecule has 2 aromatic rings. The van der Waals surface area contributed by atoms with Gasteiger partial charge in [0.05, 0.1) is 6.42 Å². The van der Waals surface area contributed by atoms with E-state index in [1.807, 2.05) is 44.2 Å². The van der Waals surface area contributed by atoms with Crippen molar-refractivity contribution in [3.05, 3.63) is 65.7 Å². The van der Waals surface area contributed by atoms with Crippen LogP contribution in [0.4, 0.5) is 5.69 Å². The lowest BCUT2D eigenvalue weighted by atomic mass is 10.0. The first-order valence-electron chi connectivity index (χ1n) is 9.97. The summed E-state index contributed by atoms with van der Waals surface area (Å²) in [6.45, 7) is 3.76. The van der Waals surface area contributed by atoms with Crippen molar-refractivity contribution in [1.29, 1.82) is 0 Å². The highest BCUT2D eigenvalue weighted by atomic mass is 16.2. The van der Waals surface area contributed by atoms with Crippen LogP contribution in [-0.2, 0) is 16.0 Å². The van der Waals surface area contributed by atoms with Gasteiger partial charge in [-0.05, 0) is 42.5 Å². The molecule has 0 heterocycles. The Labute approximate surface area is 171 Å². The van der Waals surface area contributed by atoms with Gasteiger partial charge in [-0.1, -0.05) is 50.2 Å². The zero-order valence-electron chi connectivity index (χ0n) is 16.8. The molecule has 3 rings (SSSR count). The Morgan fingerprint density at radius 3 is 2.38 bits per heavy atom. The molecule has 0 spiro atoms. The average molecular weight is 393 g/mol. The summed E-state index contributed by atoms with van der Waals surface area (Å²) < 4.78 is 0. The van der Waals surface area contributed by atoms with Gasteiger partial charge in [-0.2, -0.15) is 0 Å². The predicted molar refractivity (Wildman–Crippen MR) is 112 cm³/mol. The SMILES string of the molecule is CC(C)C(NC(=O)Cc1ccccc1)C(=O)Nc1cccc(C(=O)NC2CC2)c1. The Kier molecular flexibility index (Phi) is 6.65. The minimum atomic E-state index is -0.671. The van der Waals surface area contributed by atoms with Crippen LogP contribution in [0.1, 0.15) is 42.6 Å². The first-order valence-corrected chi connectivity index (χ1v) is 9.97. The number of carbonyl (C=O) groups is 3. The van der Waals surface area contributed by atoms with E-state index in [2.05, 4.69) is 16.0 Å². The standard InChI is InChI=1S/C23H27N3O3/c1-15(2)21(26-20(27)13-16-7-4-3-5-8-16)23(29)25-19-10-6-9-17(14-19)22(28)24-18-11-12-18/h3-10,14-15,18,21H,11-13H2,1-2H3,(H,24,28)(H,25,29)(H,26,27). The summed E-state index contributed by atoms with van der Waals surface area (Å²) in [5.41, 5.74) is 1.92. The molecule has 1 unspecified atom stereocenters. The Morgan fingerprint density at radius 1 is 1.00 bits per heavy atom. The third kappa shape index (κ3) is 6.17. The Bertz CT molecular complexity index is 876. The summed E-state index contributed by atoms with van der Waals surface area (Å²) in [6.07, 6.45) is 2.25. The summed E-state index contributed by atoms with van der Waals surface area (Å²) in [5, 5.41) is 8.58. The van der Waals surface area contributed by atoms with Crippen LogP contribution in [0.25, 0.3) is 0 Å². The second-order valence-electron chi connectivity index (χ2n) is 7.77. The highest BCUT2D eigenvalue weighted by molar-refractivity contribution is 6.00. The van der Waals surface area contributed by atoms with Gasteiger partial charge in [-0.15, -0.1) is 0 Å². The zero-order chi connectivity index (χ0) is 20.8. The number of hydrogen-bond donors (Lipinski definition) is 3. The first kappa shape index (κ1) is 20.6. The fraction of sp³-hybridized carbons (Fsp3) is 0.348. The van der Waals surface area contributed by atoms with E-state index in [9.17, 15) is 14.4 Å². The molecular weight excluding hydrogens is 366 g/mol. The topological polar surface area (TPSA) is 87.3 Å². The second-order valence-corrected chi connectivity index (χ2v) is 7.77. The molecule has 0 saturated heterocycles. The summed E-state index contributed by atoms with van der Waals surface area (Å²) in [6, 6.07) is 15.8. The maximum atomic E-state index is 12.8. The van der Waals surface area contributed by atoms with Crippen LogP contribution < -0.4 is 16.0 Å². The summed E-state index contributed by atoms with van der Waals surface area (Å²) >= 11 is 0. The minimum Gasteiger partial charge on any atom is -0.349 e. The highest BCUT2D eigenvalue weighted by Gasteiger charge is 2.25. The van der Waals surface area contributed by atoms with Gasteiger partial charge >= 0.3 is 0 Å². The average Bonchev–Trinajstić information content (AvgIpc) is 3.50. The van der Waals surface area contributed by atoms with Crippen LogP contribution in [0.2, 0.25) is 0 Å². The lowest BCUT2D eigenvalue weighted by molar-refractivity contribution is -0.127. The summed E-state index contributed by atoms with van der Waals surface area (Å²) in [5.74, 6) is -0.736. The van der Waals surface area contributed by atoms with E-state index in [1.54, 1.807) is 24.3 Å². The van der Waals surface area contributed by atoms with E-state index in [0.29, 0.717) is 11.3 Å². The number of rotatable bonds is 8. The van der Waals surface area contributed by atoms with E-state index in [-0.39, 0.29) is 36.1 Å². The van der Waals surface area contributed by atoms with Gasteiger partial charge in [-0.25, -0.2) is 0 Å². The number of amides is 3. The molecule has 3 amide bonds. The Balaban J connectivity index is 1.61. The van der Waals surface area contributed by atoms with Gasteiger partial charge in [-0.3, -0.25) is 14.4 Å². The lowest BCUT2D eigenvalue weighted by Gasteiger charge is -2.22. The molecule has 6 nitrogen and oxygen atoms in total. The van der Waals surface area contributed by atoms with Crippen LogP contribution in [0, 0.1) is 5.92 Å². The van der Waals surface area contributed by atoms with Gasteiger partial charge in [0.15, 0.2) is 0 Å². The molecule has 2 aromatic carbocycles. The van der Waals surface area contributed by atoms with Crippen LogP contribution in [-0.4, -0.2) is 29.8 Å². The van der Waals surface area contributed by atoms with E-state index in [4.69, 9.17) is 0 Å². The van der Waals surface area contributed by atoms with Crippen LogP contribution in [0.15, 0.2) is 54.6 Å². The Hall–Kier alpha value is -3.15. The molecule has 3 N–H and O–H groups in total. The van der Waals surface area contributed by atoms with Gasteiger partial charge < -0.3 is 16.0 Å². The van der Waals surface area contributed by atoms with E-state index in [0.717, 1.165) is 18.4 Å². The van der Waals surface area contributed by atoms with E-state index < -0.39 is 6.04 Å². The zero-order valence-corrected chi connectivity index (χ0v) is 16.8. The molecule has 1 aliphatic rings. The van der Waals surface area contributed by atoms with Crippen molar-refractivity contribution in [3.8, 4) is 0 Å². The van der Waals surface area contributed by atoms with Gasteiger partial charge in [0.2, 0.25) is 11.8 Å². The molecule has 1 fully saturated rings. The van der Waals surface area contributed by atoms with Crippen molar-refractivity contribution in [1.82, 2.24) is 10.6 Å².